The number of rotatable bonds is 9. The number of aromatic carboxylic acids is 1. The summed E-state index contributed by atoms with van der Waals surface area (Å²) in [4.78, 5) is 11.1. The van der Waals surface area contributed by atoms with Crippen LogP contribution in [0.4, 0.5) is 5.69 Å². The Labute approximate surface area is 185 Å². The lowest BCUT2D eigenvalue weighted by Gasteiger charge is -2.16. The van der Waals surface area contributed by atoms with Gasteiger partial charge in [0.15, 0.2) is 11.5 Å². The maximum atomic E-state index is 11.1. The summed E-state index contributed by atoms with van der Waals surface area (Å²) in [6.45, 7) is 3.13. The van der Waals surface area contributed by atoms with Crippen LogP contribution < -0.4 is 14.8 Å². The second-order valence-corrected chi connectivity index (χ2v) is 7.34. The van der Waals surface area contributed by atoms with E-state index in [9.17, 15) is 4.79 Å². The molecule has 3 aromatic rings. The Morgan fingerprint density at radius 2 is 1.77 bits per heavy atom. The van der Waals surface area contributed by atoms with Gasteiger partial charge in [-0.2, -0.15) is 0 Å². The Kier molecular flexibility index (Phi) is 7.44. The fourth-order valence-corrected chi connectivity index (χ4v) is 3.24. The average molecular weight is 446 g/mol. The lowest BCUT2D eigenvalue weighted by atomic mass is 10.1. The molecule has 0 unspecified atom stereocenters. The number of nitrogens with one attached hydrogen (secondary N) is 1. The van der Waals surface area contributed by atoms with Crippen LogP contribution in [0.2, 0.25) is 10.0 Å². The van der Waals surface area contributed by atoms with Crippen molar-refractivity contribution in [3.8, 4) is 11.5 Å². The highest BCUT2D eigenvalue weighted by Crippen LogP contribution is 2.37. The quantitative estimate of drug-likeness (QED) is 0.405. The van der Waals surface area contributed by atoms with Crippen molar-refractivity contribution < 1.29 is 19.4 Å². The van der Waals surface area contributed by atoms with E-state index >= 15 is 0 Å². The molecule has 0 bridgehead atoms. The van der Waals surface area contributed by atoms with Crippen LogP contribution in [-0.2, 0) is 13.2 Å². The van der Waals surface area contributed by atoms with E-state index in [1.54, 1.807) is 42.5 Å². The monoisotopic (exact) mass is 445 g/mol. The van der Waals surface area contributed by atoms with E-state index in [2.05, 4.69) is 5.32 Å². The molecule has 3 rings (SSSR count). The first-order valence-electron chi connectivity index (χ1n) is 9.36. The fourth-order valence-electron chi connectivity index (χ4n) is 2.83. The van der Waals surface area contributed by atoms with Crippen molar-refractivity contribution in [3.63, 3.8) is 0 Å². The second kappa shape index (κ2) is 10.2. The van der Waals surface area contributed by atoms with E-state index in [0.29, 0.717) is 47.0 Å². The first-order chi connectivity index (χ1) is 14.5. The number of carbonyl (C=O) groups is 1. The Morgan fingerprint density at radius 1 is 1.00 bits per heavy atom. The molecule has 0 aliphatic rings. The summed E-state index contributed by atoms with van der Waals surface area (Å²) >= 11 is 12.4. The summed E-state index contributed by atoms with van der Waals surface area (Å²) in [6.07, 6.45) is 0. The Balaban J connectivity index is 1.74. The fraction of sp³-hybridized carbons (Fsp3) is 0.174. The summed E-state index contributed by atoms with van der Waals surface area (Å²) in [6, 6.07) is 17.7. The number of carboxylic acid groups (broad SMARTS) is 1. The second-order valence-electron chi connectivity index (χ2n) is 6.49. The van der Waals surface area contributed by atoms with Gasteiger partial charge >= 0.3 is 5.97 Å². The van der Waals surface area contributed by atoms with Crippen LogP contribution in [0.15, 0.2) is 60.7 Å². The van der Waals surface area contributed by atoms with Gasteiger partial charge in [0.25, 0.3) is 0 Å². The van der Waals surface area contributed by atoms with Gasteiger partial charge < -0.3 is 19.9 Å². The molecular formula is C23H21Cl2NO4. The third-order valence-electron chi connectivity index (χ3n) is 4.27. The minimum Gasteiger partial charge on any atom is -0.490 e. The van der Waals surface area contributed by atoms with Crippen molar-refractivity contribution in [3.05, 3.63) is 87.4 Å². The highest BCUT2D eigenvalue weighted by atomic mass is 35.5. The molecule has 0 fully saturated rings. The van der Waals surface area contributed by atoms with Gasteiger partial charge in [0, 0.05) is 17.3 Å². The van der Waals surface area contributed by atoms with Crippen LogP contribution in [0, 0.1) is 0 Å². The molecular weight excluding hydrogens is 425 g/mol. The average Bonchev–Trinajstić information content (AvgIpc) is 2.73. The van der Waals surface area contributed by atoms with Gasteiger partial charge in [-0.15, -0.1) is 0 Å². The first-order valence-corrected chi connectivity index (χ1v) is 10.1. The summed E-state index contributed by atoms with van der Waals surface area (Å²) in [7, 11) is 0. The molecule has 0 saturated heterocycles. The Hall–Kier alpha value is -2.89. The first kappa shape index (κ1) is 21.8. The summed E-state index contributed by atoms with van der Waals surface area (Å²) in [5, 5.41) is 13.4. The molecule has 0 aromatic heterocycles. The van der Waals surface area contributed by atoms with Crippen LogP contribution in [0.5, 0.6) is 11.5 Å². The number of benzene rings is 3. The highest BCUT2D eigenvalue weighted by Gasteiger charge is 2.13. The number of anilines is 1. The minimum absolute atomic E-state index is 0.221. The van der Waals surface area contributed by atoms with Crippen LogP contribution in [0.3, 0.4) is 0 Å². The largest absolute Gasteiger partial charge is 0.490 e. The van der Waals surface area contributed by atoms with Gasteiger partial charge in [0.2, 0.25) is 0 Å². The van der Waals surface area contributed by atoms with Crippen LogP contribution >= 0.6 is 23.2 Å². The van der Waals surface area contributed by atoms with Crippen LogP contribution in [0.25, 0.3) is 0 Å². The number of carboxylic acids is 1. The molecule has 0 aliphatic carbocycles. The van der Waals surface area contributed by atoms with E-state index in [1.807, 2.05) is 25.1 Å². The van der Waals surface area contributed by atoms with Crippen molar-refractivity contribution >= 4 is 34.9 Å². The zero-order valence-corrected chi connectivity index (χ0v) is 17.8. The summed E-state index contributed by atoms with van der Waals surface area (Å²) in [5.41, 5.74) is 2.76. The maximum Gasteiger partial charge on any atom is 0.335 e. The molecule has 3 aromatic carbocycles. The van der Waals surface area contributed by atoms with Gasteiger partial charge in [-0.25, -0.2) is 4.79 Å². The van der Waals surface area contributed by atoms with Gasteiger partial charge in [-0.05, 0) is 60.5 Å². The van der Waals surface area contributed by atoms with Crippen molar-refractivity contribution in [2.45, 2.75) is 20.1 Å². The minimum atomic E-state index is -0.970. The normalized spacial score (nSPS) is 10.5. The predicted octanol–water partition coefficient (Wildman–Crippen LogP) is 6.28. The molecule has 156 valence electrons. The Bertz CT molecular complexity index is 1020. The predicted molar refractivity (Wildman–Crippen MR) is 119 cm³/mol. The Morgan fingerprint density at radius 3 is 2.47 bits per heavy atom. The molecule has 0 radical (unpaired) electrons. The molecule has 7 heteroatoms. The molecule has 0 aliphatic heterocycles. The van der Waals surface area contributed by atoms with Crippen molar-refractivity contribution in [1.82, 2.24) is 0 Å². The van der Waals surface area contributed by atoms with Crippen molar-refractivity contribution in [2.75, 3.05) is 11.9 Å². The molecule has 0 atom stereocenters. The number of halogens is 2. The zero-order chi connectivity index (χ0) is 21.5. The molecule has 0 saturated carbocycles. The molecule has 30 heavy (non-hydrogen) atoms. The lowest BCUT2D eigenvalue weighted by molar-refractivity contribution is 0.0697. The lowest BCUT2D eigenvalue weighted by Crippen LogP contribution is -2.04. The maximum absolute atomic E-state index is 11.1. The smallest absolute Gasteiger partial charge is 0.335 e. The SMILES string of the molecule is CCOc1cc(CNc2cccc(C(=O)O)c2)cc(Cl)c1OCc1ccc(Cl)cc1. The zero-order valence-electron chi connectivity index (χ0n) is 16.3. The standard InChI is InChI=1S/C23H21Cl2NO4/c1-2-29-21-11-16(13-26-19-5-3-4-17(12-19)23(27)28)10-20(25)22(21)30-14-15-6-8-18(24)9-7-15/h3-12,26H,2,13-14H2,1H3,(H,27,28). The number of hydrogen-bond acceptors (Lipinski definition) is 4. The molecule has 0 heterocycles. The number of hydrogen-bond donors (Lipinski definition) is 2. The van der Waals surface area contributed by atoms with E-state index in [-0.39, 0.29) is 5.56 Å². The topological polar surface area (TPSA) is 67.8 Å². The van der Waals surface area contributed by atoms with Crippen LogP contribution in [0.1, 0.15) is 28.4 Å². The highest BCUT2D eigenvalue weighted by molar-refractivity contribution is 6.32. The van der Waals surface area contributed by atoms with E-state index in [0.717, 1.165) is 11.1 Å². The third kappa shape index (κ3) is 5.81. The van der Waals surface area contributed by atoms with Crippen LogP contribution in [-0.4, -0.2) is 17.7 Å². The molecule has 0 amide bonds. The number of ether oxygens (including phenoxy) is 2. The van der Waals surface area contributed by atoms with E-state index in [4.69, 9.17) is 37.8 Å². The molecule has 2 N–H and O–H groups in total. The third-order valence-corrected chi connectivity index (χ3v) is 4.80. The van der Waals surface area contributed by atoms with Gasteiger partial charge in [0.05, 0.1) is 17.2 Å². The summed E-state index contributed by atoms with van der Waals surface area (Å²) in [5.74, 6) is 0.0580. The van der Waals surface area contributed by atoms with Gasteiger partial charge in [0.1, 0.15) is 6.61 Å². The van der Waals surface area contributed by atoms with Crippen molar-refractivity contribution in [2.24, 2.45) is 0 Å². The van der Waals surface area contributed by atoms with Crippen molar-refractivity contribution in [1.29, 1.82) is 0 Å². The molecule has 5 nitrogen and oxygen atoms in total. The molecule has 0 spiro atoms. The van der Waals surface area contributed by atoms with E-state index < -0.39 is 5.97 Å². The summed E-state index contributed by atoms with van der Waals surface area (Å²) < 4.78 is 11.7. The van der Waals surface area contributed by atoms with Gasteiger partial charge in [-0.1, -0.05) is 41.4 Å². The van der Waals surface area contributed by atoms with Gasteiger partial charge in [-0.3, -0.25) is 0 Å². The van der Waals surface area contributed by atoms with E-state index in [1.165, 1.54) is 0 Å².